The maximum absolute atomic E-state index is 10.4. The van der Waals surface area contributed by atoms with Crippen molar-refractivity contribution in [3.05, 3.63) is 0 Å². The minimum Gasteiger partial charge on any atom is -0.369 e. The Kier molecular flexibility index (Phi) is 2.49. The molecule has 3 nitrogen and oxygen atoms in total. The summed E-state index contributed by atoms with van der Waals surface area (Å²) in [5.41, 5.74) is 5.42. The van der Waals surface area contributed by atoms with Gasteiger partial charge in [-0.25, -0.2) is 0 Å². The van der Waals surface area contributed by atoms with Gasteiger partial charge in [-0.3, -0.25) is 4.79 Å². The predicted octanol–water partition coefficient (Wildman–Crippen LogP) is 0.251. The summed E-state index contributed by atoms with van der Waals surface area (Å²) in [6.45, 7) is 3.48. The standard InChI is InChI=1S/C8H16N2O/c1-8(3-2-4-8)6-10-5-7(9)11/h10H,2-6H2,1H3,(H2,9,11). The second-order valence-electron chi connectivity index (χ2n) is 3.73. The first kappa shape index (κ1) is 8.53. The zero-order chi connectivity index (χ0) is 8.32. The average molecular weight is 156 g/mol. The van der Waals surface area contributed by atoms with Crippen LogP contribution in [0.15, 0.2) is 0 Å². The number of rotatable bonds is 4. The van der Waals surface area contributed by atoms with Crippen LogP contribution in [0.5, 0.6) is 0 Å². The lowest BCUT2D eigenvalue weighted by Crippen LogP contribution is -2.40. The van der Waals surface area contributed by atoms with E-state index in [0.29, 0.717) is 12.0 Å². The molecule has 0 radical (unpaired) electrons. The maximum atomic E-state index is 10.4. The van der Waals surface area contributed by atoms with Gasteiger partial charge in [-0.15, -0.1) is 0 Å². The molecular weight excluding hydrogens is 140 g/mol. The second kappa shape index (κ2) is 3.22. The van der Waals surface area contributed by atoms with Crippen molar-refractivity contribution >= 4 is 5.91 Å². The Morgan fingerprint density at radius 3 is 2.64 bits per heavy atom. The summed E-state index contributed by atoms with van der Waals surface area (Å²) >= 11 is 0. The van der Waals surface area contributed by atoms with Crippen molar-refractivity contribution in [2.24, 2.45) is 11.1 Å². The third-order valence-electron chi connectivity index (χ3n) is 2.41. The summed E-state index contributed by atoms with van der Waals surface area (Å²) in [7, 11) is 0. The highest BCUT2D eigenvalue weighted by Gasteiger charge is 2.30. The van der Waals surface area contributed by atoms with Gasteiger partial charge in [-0.2, -0.15) is 0 Å². The van der Waals surface area contributed by atoms with E-state index < -0.39 is 0 Å². The quantitative estimate of drug-likeness (QED) is 0.613. The Morgan fingerprint density at radius 2 is 2.27 bits per heavy atom. The van der Waals surface area contributed by atoms with E-state index in [1.807, 2.05) is 0 Å². The highest BCUT2D eigenvalue weighted by molar-refractivity contribution is 5.75. The molecule has 1 aliphatic carbocycles. The van der Waals surface area contributed by atoms with Crippen LogP contribution in [0.3, 0.4) is 0 Å². The van der Waals surface area contributed by atoms with Gasteiger partial charge in [0.2, 0.25) is 5.91 Å². The maximum Gasteiger partial charge on any atom is 0.231 e. The van der Waals surface area contributed by atoms with E-state index >= 15 is 0 Å². The smallest absolute Gasteiger partial charge is 0.231 e. The SMILES string of the molecule is CC1(CNCC(N)=O)CCC1. The van der Waals surface area contributed by atoms with Crippen LogP contribution in [0.2, 0.25) is 0 Å². The van der Waals surface area contributed by atoms with Crippen molar-refractivity contribution in [2.45, 2.75) is 26.2 Å². The lowest BCUT2D eigenvalue weighted by atomic mass is 9.70. The van der Waals surface area contributed by atoms with Crippen molar-refractivity contribution in [1.29, 1.82) is 0 Å². The first-order chi connectivity index (χ1) is 5.12. The first-order valence-electron chi connectivity index (χ1n) is 4.11. The van der Waals surface area contributed by atoms with Gasteiger partial charge in [-0.05, 0) is 18.3 Å². The van der Waals surface area contributed by atoms with Crippen LogP contribution < -0.4 is 11.1 Å². The molecule has 0 saturated heterocycles. The number of nitrogens with one attached hydrogen (secondary N) is 1. The highest BCUT2D eigenvalue weighted by atomic mass is 16.1. The summed E-state index contributed by atoms with van der Waals surface area (Å²) in [6, 6.07) is 0. The number of hydrogen-bond donors (Lipinski definition) is 2. The first-order valence-corrected chi connectivity index (χ1v) is 4.11. The Hall–Kier alpha value is -0.570. The molecule has 3 N–H and O–H groups in total. The van der Waals surface area contributed by atoms with Gasteiger partial charge in [-0.1, -0.05) is 13.3 Å². The Morgan fingerprint density at radius 1 is 1.64 bits per heavy atom. The zero-order valence-corrected chi connectivity index (χ0v) is 7.02. The van der Waals surface area contributed by atoms with Crippen LogP contribution in [-0.2, 0) is 4.79 Å². The van der Waals surface area contributed by atoms with E-state index in [-0.39, 0.29) is 5.91 Å². The van der Waals surface area contributed by atoms with E-state index in [1.165, 1.54) is 19.3 Å². The Labute approximate surface area is 67.3 Å². The van der Waals surface area contributed by atoms with E-state index in [4.69, 9.17) is 5.73 Å². The number of carbonyl (C=O) groups excluding carboxylic acids is 1. The number of carbonyl (C=O) groups is 1. The lowest BCUT2D eigenvalue weighted by molar-refractivity contribution is -0.117. The highest BCUT2D eigenvalue weighted by Crippen LogP contribution is 2.39. The Balaban J connectivity index is 2.07. The molecule has 1 fully saturated rings. The van der Waals surface area contributed by atoms with E-state index in [0.717, 1.165) is 6.54 Å². The van der Waals surface area contributed by atoms with Crippen molar-refractivity contribution in [3.8, 4) is 0 Å². The van der Waals surface area contributed by atoms with Crippen LogP contribution in [0.1, 0.15) is 26.2 Å². The van der Waals surface area contributed by atoms with Gasteiger partial charge in [0.05, 0.1) is 6.54 Å². The van der Waals surface area contributed by atoms with E-state index in [1.54, 1.807) is 0 Å². The number of amides is 1. The molecule has 1 rings (SSSR count). The van der Waals surface area contributed by atoms with Crippen LogP contribution in [0, 0.1) is 5.41 Å². The fourth-order valence-electron chi connectivity index (χ4n) is 1.44. The van der Waals surface area contributed by atoms with Crippen molar-refractivity contribution in [1.82, 2.24) is 5.32 Å². The molecule has 0 aromatic rings. The molecule has 0 aliphatic heterocycles. The van der Waals surface area contributed by atoms with Crippen molar-refractivity contribution in [3.63, 3.8) is 0 Å². The summed E-state index contributed by atoms with van der Waals surface area (Å²) in [6.07, 6.45) is 3.88. The summed E-state index contributed by atoms with van der Waals surface area (Å²) < 4.78 is 0. The molecule has 0 heterocycles. The van der Waals surface area contributed by atoms with Gasteiger partial charge < -0.3 is 11.1 Å². The number of hydrogen-bond acceptors (Lipinski definition) is 2. The van der Waals surface area contributed by atoms with E-state index in [9.17, 15) is 4.79 Å². The summed E-state index contributed by atoms with van der Waals surface area (Å²) in [5.74, 6) is -0.270. The summed E-state index contributed by atoms with van der Waals surface area (Å²) in [5, 5.41) is 3.05. The molecule has 1 amide bonds. The predicted molar refractivity (Wildman–Crippen MR) is 44.0 cm³/mol. The molecule has 64 valence electrons. The van der Waals surface area contributed by atoms with Crippen LogP contribution >= 0.6 is 0 Å². The van der Waals surface area contributed by atoms with Crippen molar-refractivity contribution < 1.29 is 4.79 Å². The largest absolute Gasteiger partial charge is 0.369 e. The lowest BCUT2D eigenvalue weighted by Gasteiger charge is -2.38. The molecule has 0 aromatic heterocycles. The van der Waals surface area contributed by atoms with Gasteiger partial charge in [0.25, 0.3) is 0 Å². The van der Waals surface area contributed by atoms with Crippen molar-refractivity contribution in [2.75, 3.05) is 13.1 Å². The fraction of sp³-hybridized carbons (Fsp3) is 0.875. The molecular formula is C8H16N2O. The zero-order valence-electron chi connectivity index (χ0n) is 7.02. The van der Waals surface area contributed by atoms with Crippen LogP contribution in [-0.4, -0.2) is 19.0 Å². The average Bonchev–Trinajstić information content (AvgIpc) is 1.83. The third-order valence-corrected chi connectivity index (χ3v) is 2.41. The molecule has 0 spiro atoms. The van der Waals surface area contributed by atoms with Gasteiger partial charge in [0.15, 0.2) is 0 Å². The van der Waals surface area contributed by atoms with Gasteiger partial charge in [0, 0.05) is 6.54 Å². The molecule has 0 unspecified atom stereocenters. The molecule has 11 heavy (non-hydrogen) atoms. The third kappa shape index (κ3) is 2.50. The van der Waals surface area contributed by atoms with Crippen LogP contribution in [0.25, 0.3) is 0 Å². The summed E-state index contributed by atoms with van der Waals surface area (Å²) in [4.78, 5) is 10.4. The Bertz CT molecular complexity index is 152. The minimum absolute atomic E-state index is 0.270. The molecule has 0 bridgehead atoms. The number of primary amides is 1. The van der Waals surface area contributed by atoms with Gasteiger partial charge in [0.1, 0.15) is 0 Å². The molecule has 0 atom stereocenters. The molecule has 1 aliphatic rings. The van der Waals surface area contributed by atoms with Gasteiger partial charge >= 0.3 is 0 Å². The molecule has 3 heteroatoms. The van der Waals surface area contributed by atoms with E-state index in [2.05, 4.69) is 12.2 Å². The molecule has 1 saturated carbocycles. The number of nitrogens with two attached hydrogens (primary N) is 1. The topological polar surface area (TPSA) is 55.1 Å². The second-order valence-corrected chi connectivity index (χ2v) is 3.73. The molecule has 0 aromatic carbocycles. The fourth-order valence-corrected chi connectivity index (χ4v) is 1.44. The normalized spacial score (nSPS) is 20.8. The minimum atomic E-state index is -0.270. The monoisotopic (exact) mass is 156 g/mol. The van der Waals surface area contributed by atoms with Crippen LogP contribution in [0.4, 0.5) is 0 Å².